The molecule has 142 valence electrons. The maximum absolute atomic E-state index is 6.21. The van der Waals surface area contributed by atoms with Crippen LogP contribution in [0.4, 0.5) is 5.82 Å². The van der Waals surface area contributed by atoms with Gasteiger partial charge in [0.15, 0.2) is 17.0 Å². The second-order valence-electron chi connectivity index (χ2n) is 7.49. The third-order valence-electron chi connectivity index (χ3n) is 4.95. The summed E-state index contributed by atoms with van der Waals surface area (Å²) in [5.41, 5.74) is 1.44. The molecule has 0 aliphatic carbocycles. The Bertz CT molecular complexity index is 802. The van der Waals surface area contributed by atoms with Crippen molar-refractivity contribution in [3.05, 3.63) is 11.1 Å². The summed E-state index contributed by atoms with van der Waals surface area (Å²) < 4.78 is 13.3. The number of rotatable bonds is 3. The maximum Gasteiger partial charge on any atom is 0.226 e. The van der Waals surface area contributed by atoms with Crippen LogP contribution in [-0.4, -0.2) is 76.0 Å². The van der Waals surface area contributed by atoms with Crippen LogP contribution in [-0.2, 0) is 23.1 Å². The van der Waals surface area contributed by atoms with E-state index in [1.807, 2.05) is 11.6 Å². The van der Waals surface area contributed by atoms with E-state index in [-0.39, 0.29) is 10.9 Å². The molecule has 0 spiro atoms. The first-order chi connectivity index (χ1) is 12.4. The molecule has 0 saturated carbocycles. The zero-order valence-electron chi connectivity index (χ0n) is 15.5. The van der Waals surface area contributed by atoms with Crippen molar-refractivity contribution in [3.63, 3.8) is 0 Å². The lowest BCUT2D eigenvalue weighted by molar-refractivity contribution is -0.0889. The molecule has 2 aliphatic rings. The van der Waals surface area contributed by atoms with Gasteiger partial charge in [-0.05, 0) is 25.4 Å². The Morgan fingerprint density at radius 2 is 1.85 bits per heavy atom. The van der Waals surface area contributed by atoms with E-state index in [9.17, 15) is 0 Å². The smallest absolute Gasteiger partial charge is 0.226 e. The van der Waals surface area contributed by atoms with Crippen molar-refractivity contribution in [2.45, 2.75) is 26.0 Å². The van der Waals surface area contributed by atoms with Crippen molar-refractivity contribution in [2.24, 2.45) is 7.05 Å². The van der Waals surface area contributed by atoms with E-state index >= 15 is 0 Å². The molecular weight excluding hydrogens is 356 g/mol. The Morgan fingerprint density at radius 3 is 2.58 bits per heavy atom. The number of imidazole rings is 1. The molecule has 4 rings (SSSR count). The average molecular weight is 381 g/mol. The Hall–Kier alpha value is -1.48. The normalized spacial score (nSPS) is 21.5. The highest BCUT2D eigenvalue weighted by molar-refractivity contribution is 6.28. The summed E-state index contributed by atoms with van der Waals surface area (Å²) in [4.78, 5) is 18.3. The highest BCUT2D eigenvalue weighted by Crippen LogP contribution is 2.27. The topological polar surface area (TPSA) is 68.5 Å². The standard InChI is InChI=1S/C17H25ClN6O2/c1-17(2)11-23(4-9-26-17)10-12-19-13-14(22(12)3)20-16(18)21-15(13)24-5-7-25-8-6-24/h4-11H2,1-3H3. The third-order valence-corrected chi connectivity index (χ3v) is 5.12. The Kier molecular flexibility index (Phi) is 4.77. The van der Waals surface area contributed by atoms with Gasteiger partial charge in [0, 0.05) is 33.2 Å². The minimum atomic E-state index is -0.134. The maximum atomic E-state index is 6.21. The van der Waals surface area contributed by atoms with Crippen LogP contribution in [0, 0.1) is 0 Å². The van der Waals surface area contributed by atoms with Crippen molar-refractivity contribution in [3.8, 4) is 0 Å². The van der Waals surface area contributed by atoms with Gasteiger partial charge in [0.25, 0.3) is 0 Å². The highest BCUT2D eigenvalue weighted by atomic mass is 35.5. The number of ether oxygens (including phenoxy) is 2. The van der Waals surface area contributed by atoms with Crippen molar-refractivity contribution < 1.29 is 9.47 Å². The number of fused-ring (bicyclic) bond motifs is 1. The number of nitrogens with zero attached hydrogens (tertiary/aromatic N) is 6. The lowest BCUT2D eigenvalue weighted by Crippen LogP contribution is -2.48. The Labute approximate surface area is 158 Å². The van der Waals surface area contributed by atoms with Crippen LogP contribution in [0.25, 0.3) is 11.2 Å². The van der Waals surface area contributed by atoms with Gasteiger partial charge in [-0.1, -0.05) is 0 Å². The van der Waals surface area contributed by atoms with Crippen LogP contribution >= 0.6 is 11.6 Å². The summed E-state index contributed by atoms with van der Waals surface area (Å²) in [6.45, 7) is 10.4. The number of aryl methyl sites for hydroxylation is 1. The largest absolute Gasteiger partial charge is 0.378 e. The zero-order chi connectivity index (χ0) is 18.3. The summed E-state index contributed by atoms with van der Waals surface area (Å²) in [5, 5.41) is 0.251. The molecule has 2 aromatic rings. The average Bonchev–Trinajstić information content (AvgIpc) is 2.90. The number of morpholine rings is 2. The molecule has 2 fully saturated rings. The SMILES string of the molecule is Cn1c(CN2CCOC(C)(C)C2)nc2c(N3CCOCC3)nc(Cl)nc21. The van der Waals surface area contributed by atoms with Crippen molar-refractivity contribution in [2.75, 3.05) is 50.9 Å². The molecule has 0 bridgehead atoms. The summed E-state index contributed by atoms with van der Waals surface area (Å²) in [7, 11) is 1.99. The molecular formula is C17H25ClN6O2. The molecule has 0 radical (unpaired) electrons. The molecule has 0 atom stereocenters. The Balaban J connectivity index is 1.67. The van der Waals surface area contributed by atoms with Crippen molar-refractivity contribution in [1.29, 1.82) is 0 Å². The Morgan fingerprint density at radius 1 is 1.08 bits per heavy atom. The van der Waals surface area contributed by atoms with Gasteiger partial charge in [-0.15, -0.1) is 0 Å². The van der Waals surface area contributed by atoms with Gasteiger partial charge in [-0.3, -0.25) is 4.90 Å². The van der Waals surface area contributed by atoms with Crippen LogP contribution in [0.5, 0.6) is 0 Å². The zero-order valence-corrected chi connectivity index (χ0v) is 16.3. The van der Waals surface area contributed by atoms with E-state index in [2.05, 4.69) is 33.6 Å². The molecule has 9 heteroatoms. The van der Waals surface area contributed by atoms with Gasteiger partial charge in [-0.2, -0.15) is 9.97 Å². The second-order valence-corrected chi connectivity index (χ2v) is 7.83. The molecule has 2 aliphatic heterocycles. The second kappa shape index (κ2) is 6.92. The van der Waals surface area contributed by atoms with Crippen LogP contribution in [0.2, 0.25) is 5.28 Å². The van der Waals surface area contributed by atoms with Crippen LogP contribution < -0.4 is 4.90 Å². The quantitative estimate of drug-likeness (QED) is 0.747. The number of halogens is 1. The number of hydrogen-bond donors (Lipinski definition) is 0. The first kappa shape index (κ1) is 17.9. The fraction of sp³-hybridized carbons (Fsp3) is 0.706. The van der Waals surface area contributed by atoms with E-state index < -0.39 is 0 Å². The molecule has 0 N–H and O–H groups in total. The fourth-order valence-corrected chi connectivity index (χ4v) is 3.81. The molecule has 0 unspecified atom stereocenters. The van der Waals surface area contributed by atoms with E-state index in [1.165, 1.54) is 0 Å². The van der Waals surface area contributed by atoms with E-state index in [0.717, 1.165) is 62.1 Å². The fourth-order valence-electron chi connectivity index (χ4n) is 3.65. The van der Waals surface area contributed by atoms with Crippen LogP contribution in [0.15, 0.2) is 0 Å². The minimum Gasteiger partial charge on any atom is -0.378 e. The molecule has 26 heavy (non-hydrogen) atoms. The number of anilines is 1. The van der Waals surface area contributed by atoms with Gasteiger partial charge in [-0.25, -0.2) is 4.98 Å². The minimum absolute atomic E-state index is 0.134. The first-order valence-electron chi connectivity index (χ1n) is 9.01. The summed E-state index contributed by atoms with van der Waals surface area (Å²) >= 11 is 6.21. The predicted octanol–water partition coefficient (Wildman–Crippen LogP) is 1.46. The lowest BCUT2D eigenvalue weighted by atomic mass is 10.1. The van der Waals surface area contributed by atoms with Gasteiger partial charge < -0.3 is 18.9 Å². The lowest BCUT2D eigenvalue weighted by Gasteiger charge is -2.37. The summed E-state index contributed by atoms with van der Waals surface area (Å²) in [5.74, 6) is 1.76. The third kappa shape index (κ3) is 3.51. The van der Waals surface area contributed by atoms with Crippen LogP contribution in [0.3, 0.4) is 0 Å². The van der Waals surface area contributed by atoms with Gasteiger partial charge in [0.2, 0.25) is 5.28 Å². The molecule has 4 heterocycles. The summed E-state index contributed by atoms with van der Waals surface area (Å²) in [6, 6.07) is 0. The van der Waals surface area contributed by atoms with Gasteiger partial charge in [0.1, 0.15) is 5.82 Å². The highest BCUT2D eigenvalue weighted by Gasteiger charge is 2.29. The summed E-state index contributed by atoms with van der Waals surface area (Å²) in [6.07, 6.45) is 0. The van der Waals surface area contributed by atoms with Crippen LogP contribution in [0.1, 0.15) is 19.7 Å². The molecule has 8 nitrogen and oxygen atoms in total. The molecule has 2 saturated heterocycles. The van der Waals surface area contributed by atoms with Crippen molar-refractivity contribution in [1.82, 2.24) is 24.4 Å². The van der Waals surface area contributed by atoms with Gasteiger partial charge >= 0.3 is 0 Å². The van der Waals surface area contributed by atoms with Gasteiger partial charge in [0.05, 0.1) is 32.0 Å². The van der Waals surface area contributed by atoms with Crippen molar-refractivity contribution >= 4 is 28.6 Å². The molecule has 0 amide bonds. The number of hydrogen-bond acceptors (Lipinski definition) is 7. The number of aromatic nitrogens is 4. The molecule has 0 aromatic carbocycles. The predicted molar refractivity (Wildman–Crippen MR) is 99.7 cm³/mol. The van der Waals surface area contributed by atoms with E-state index in [4.69, 9.17) is 26.1 Å². The molecule has 2 aromatic heterocycles. The van der Waals surface area contributed by atoms with E-state index in [0.29, 0.717) is 13.2 Å². The monoisotopic (exact) mass is 380 g/mol. The first-order valence-corrected chi connectivity index (χ1v) is 9.39. The van der Waals surface area contributed by atoms with E-state index in [1.54, 1.807) is 0 Å².